The van der Waals surface area contributed by atoms with Crippen LogP contribution >= 0.6 is 0 Å². The van der Waals surface area contributed by atoms with E-state index in [0.717, 1.165) is 55.2 Å². The van der Waals surface area contributed by atoms with Crippen LogP contribution < -0.4 is 11.5 Å². The minimum absolute atomic E-state index is 0.734. The van der Waals surface area contributed by atoms with Gasteiger partial charge in [-0.3, -0.25) is 0 Å². The predicted molar refractivity (Wildman–Crippen MR) is 154 cm³/mol. The van der Waals surface area contributed by atoms with Crippen LogP contribution in [0.5, 0.6) is 0 Å². The molecule has 36 heavy (non-hydrogen) atoms. The summed E-state index contributed by atoms with van der Waals surface area (Å²) in [6.45, 7) is 8.60. The Kier molecular flexibility index (Phi) is 5.89. The predicted octanol–water partition coefficient (Wildman–Crippen LogP) is 7.19. The minimum Gasteiger partial charge on any atom is -0.399 e. The minimum atomic E-state index is 0.734. The molecule has 0 unspecified atom stereocenters. The topological polar surface area (TPSA) is 52.0 Å². The van der Waals surface area contributed by atoms with Gasteiger partial charge in [-0.1, -0.05) is 23.7 Å². The third kappa shape index (κ3) is 4.38. The van der Waals surface area contributed by atoms with E-state index < -0.39 is 0 Å². The number of nitrogen functional groups attached to an aromatic ring is 2. The molecule has 0 radical (unpaired) electrons. The van der Waals surface area contributed by atoms with Crippen LogP contribution in [0.1, 0.15) is 44.5 Å². The van der Waals surface area contributed by atoms with Gasteiger partial charge < -0.3 is 11.5 Å². The second-order valence-corrected chi connectivity index (χ2v) is 9.46. The molecule has 0 aliphatic heterocycles. The summed E-state index contributed by atoms with van der Waals surface area (Å²) in [6, 6.07) is 24.4. The van der Waals surface area contributed by atoms with E-state index in [2.05, 4.69) is 75.6 Å². The Balaban J connectivity index is 1.86. The van der Waals surface area contributed by atoms with Gasteiger partial charge in [-0.15, -0.1) is 0 Å². The molecule has 0 heterocycles. The highest BCUT2D eigenvalue weighted by Gasteiger charge is 2.14. The van der Waals surface area contributed by atoms with Gasteiger partial charge in [0.15, 0.2) is 0 Å². The number of benzene rings is 5. The number of hydrogen-bond acceptors (Lipinski definition) is 2. The largest absolute Gasteiger partial charge is 0.399 e. The van der Waals surface area contributed by atoms with Crippen molar-refractivity contribution >= 4 is 32.9 Å². The average molecular weight is 465 g/mol. The third-order valence-corrected chi connectivity index (χ3v) is 6.83. The SMILES string of the molecule is Cc1cc2c(C#Cc3ccc(N)cc3)c3cc(C)c(C)cc3c(C#Cc3ccc(N)cc3)c2cc1C. The zero-order chi connectivity index (χ0) is 25.4. The standard InChI is InChI=1S/C34H28N2/c1-21-17-31-29(15-9-25-5-11-27(35)12-6-25)33-19-23(3)24(4)20-34(33)30(32(31)18-22(21)2)16-10-26-7-13-28(36)14-8-26/h5-8,11-14,17-20H,35-36H2,1-4H3. The van der Waals surface area contributed by atoms with Crippen molar-refractivity contribution in [2.45, 2.75) is 27.7 Å². The van der Waals surface area contributed by atoms with E-state index in [4.69, 9.17) is 11.5 Å². The molecular formula is C34H28N2. The first-order chi connectivity index (χ1) is 17.3. The molecule has 0 aromatic heterocycles. The Labute approximate surface area is 213 Å². The number of rotatable bonds is 0. The van der Waals surface area contributed by atoms with Crippen molar-refractivity contribution in [2.75, 3.05) is 11.5 Å². The summed E-state index contributed by atoms with van der Waals surface area (Å²) in [5.41, 5.74) is 22.1. The molecule has 0 atom stereocenters. The zero-order valence-corrected chi connectivity index (χ0v) is 21.1. The summed E-state index contributed by atoms with van der Waals surface area (Å²) < 4.78 is 0. The fourth-order valence-corrected chi connectivity index (χ4v) is 4.42. The van der Waals surface area contributed by atoms with E-state index in [1.54, 1.807) is 0 Å². The molecule has 0 saturated carbocycles. The highest BCUT2D eigenvalue weighted by Crippen LogP contribution is 2.35. The van der Waals surface area contributed by atoms with E-state index in [-0.39, 0.29) is 0 Å². The van der Waals surface area contributed by atoms with Gasteiger partial charge in [0.25, 0.3) is 0 Å². The molecule has 2 heteroatoms. The molecule has 0 saturated heterocycles. The van der Waals surface area contributed by atoms with Crippen molar-refractivity contribution in [3.63, 3.8) is 0 Å². The summed E-state index contributed by atoms with van der Waals surface area (Å²) in [5.74, 6) is 13.8. The molecule has 0 spiro atoms. The van der Waals surface area contributed by atoms with Crippen LogP contribution in [0.2, 0.25) is 0 Å². The third-order valence-electron chi connectivity index (χ3n) is 6.83. The van der Waals surface area contributed by atoms with Crippen molar-refractivity contribution in [1.29, 1.82) is 0 Å². The molecular weight excluding hydrogens is 436 g/mol. The van der Waals surface area contributed by atoms with Gasteiger partial charge in [-0.25, -0.2) is 0 Å². The quantitative estimate of drug-likeness (QED) is 0.145. The second kappa shape index (κ2) is 9.18. The Morgan fingerprint density at radius 1 is 0.417 bits per heavy atom. The van der Waals surface area contributed by atoms with Gasteiger partial charge in [0, 0.05) is 33.6 Å². The Hall–Kier alpha value is -4.66. The Morgan fingerprint density at radius 3 is 0.972 bits per heavy atom. The van der Waals surface area contributed by atoms with Gasteiger partial charge in [0.2, 0.25) is 0 Å². The smallest absolute Gasteiger partial charge is 0.0407 e. The fraction of sp³-hybridized carbons (Fsp3) is 0.118. The number of hydrogen-bond donors (Lipinski definition) is 2. The second-order valence-electron chi connectivity index (χ2n) is 9.46. The lowest BCUT2D eigenvalue weighted by molar-refractivity contribution is 1.35. The van der Waals surface area contributed by atoms with Crippen molar-refractivity contribution < 1.29 is 0 Å². The fourth-order valence-electron chi connectivity index (χ4n) is 4.42. The first-order valence-corrected chi connectivity index (χ1v) is 12.0. The molecule has 5 aromatic carbocycles. The van der Waals surface area contributed by atoms with E-state index in [0.29, 0.717) is 0 Å². The highest BCUT2D eigenvalue weighted by atomic mass is 14.5. The lowest BCUT2D eigenvalue weighted by Crippen LogP contribution is -1.95. The van der Waals surface area contributed by atoms with Crippen LogP contribution in [0.4, 0.5) is 11.4 Å². The van der Waals surface area contributed by atoms with E-state index in [1.165, 1.54) is 22.3 Å². The molecule has 0 aliphatic rings. The van der Waals surface area contributed by atoms with Gasteiger partial charge in [0.05, 0.1) is 0 Å². The number of fused-ring (bicyclic) bond motifs is 2. The molecule has 2 nitrogen and oxygen atoms in total. The van der Waals surface area contributed by atoms with E-state index in [1.807, 2.05) is 48.5 Å². The monoisotopic (exact) mass is 464 g/mol. The molecule has 0 aliphatic carbocycles. The lowest BCUT2D eigenvalue weighted by Gasteiger charge is -2.15. The van der Waals surface area contributed by atoms with Crippen LogP contribution in [0.3, 0.4) is 0 Å². The van der Waals surface area contributed by atoms with E-state index >= 15 is 0 Å². The van der Waals surface area contributed by atoms with Crippen LogP contribution in [0.25, 0.3) is 21.5 Å². The maximum Gasteiger partial charge on any atom is 0.0407 e. The van der Waals surface area contributed by atoms with Crippen molar-refractivity contribution in [3.8, 4) is 23.7 Å². The first kappa shape index (κ1) is 23.1. The molecule has 0 amide bonds. The summed E-state index contributed by atoms with van der Waals surface area (Å²) in [7, 11) is 0. The van der Waals surface area contributed by atoms with Crippen molar-refractivity contribution in [1.82, 2.24) is 0 Å². The summed E-state index contributed by atoms with van der Waals surface area (Å²) in [5, 5.41) is 4.49. The molecule has 0 bridgehead atoms. The molecule has 5 aromatic rings. The Morgan fingerprint density at radius 2 is 0.694 bits per heavy atom. The van der Waals surface area contributed by atoms with Crippen LogP contribution in [-0.4, -0.2) is 0 Å². The zero-order valence-electron chi connectivity index (χ0n) is 21.1. The van der Waals surface area contributed by atoms with Crippen molar-refractivity contribution in [3.05, 3.63) is 117 Å². The van der Waals surface area contributed by atoms with Crippen LogP contribution in [-0.2, 0) is 0 Å². The first-order valence-electron chi connectivity index (χ1n) is 12.0. The van der Waals surface area contributed by atoms with Crippen LogP contribution in [0.15, 0.2) is 72.8 Å². The van der Waals surface area contributed by atoms with Gasteiger partial charge in [0.1, 0.15) is 0 Å². The molecule has 174 valence electrons. The van der Waals surface area contributed by atoms with Gasteiger partial charge in [-0.05, 0) is 144 Å². The average Bonchev–Trinajstić information content (AvgIpc) is 2.86. The van der Waals surface area contributed by atoms with Crippen molar-refractivity contribution in [2.24, 2.45) is 0 Å². The maximum absolute atomic E-state index is 5.87. The maximum atomic E-state index is 5.87. The molecule has 5 rings (SSSR count). The normalized spacial score (nSPS) is 10.6. The summed E-state index contributed by atoms with van der Waals surface area (Å²) in [4.78, 5) is 0. The lowest BCUT2D eigenvalue weighted by atomic mass is 9.88. The molecule has 4 N–H and O–H groups in total. The number of anilines is 2. The van der Waals surface area contributed by atoms with E-state index in [9.17, 15) is 0 Å². The van der Waals surface area contributed by atoms with Gasteiger partial charge in [-0.2, -0.15) is 0 Å². The molecule has 0 fully saturated rings. The summed E-state index contributed by atoms with van der Waals surface area (Å²) >= 11 is 0. The number of aryl methyl sites for hydroxylation is 4. The number of nitrogens with two attached hydrogens (primary N) is 2. The van der Waals surface area contributed by atoms with Crippen LogP contribution in [0, 0.1) is 51.4 Å². The Bertz CT molecular complexity index is 1560. The summed E-state index contributed by atoms with van der Waals surface area (Å²) in [6.07, 6.45) is 0. The highest BCUT2D eigenvalue weighted by molar-refractivity contribution is 6.10. The van der Waals surface area contributed by atoms with Gasteiger partial charge >= 0.3 is 0 Å².